The van der Waals surface area contributed by atoms with E-state index in [-0.39, 0.29) is 0 Å². The fraction of sp³-hybridized carbons (Fsp3) is 0.583. The number of carboxylic acid groups (broad SMARTS) is 1. The third-order valence-corrected chi connectivity index (χ3v) is 2.77. The van der Waals surface area contributed by atoms with Crippen LogP contribution in [-0.4, -0.2) is 32.3 Å². The molecule has 0 spiro atoms. The molecule has 0 saturated carbocycles. The van der Waals surface area contributed by atoms with Gasteiger partial charge in [0.25, 0.3) is 0 Å². The summed E-state index contributed by atoms with van der Waals surface area (Å²) in [5, 5.41) is 8.97. The van der Waals surface area contributed by atoms with Gasteiger partial charge in [-0.05, 0) is 20.8 Å². The zero-order valence-electron chi connectivity index (χ0n) is 10.6. The van der Waals surface area contributed by atoms with Crippen molar-refractivity contribution in [2.45, 2.75) is 39.2 Å². The van der Waals surface area contributed by atoms with E-state index in [1.165, 1.54) is 10.9 Å². The molecule has 0 aliphatic heterocycles. The number of imidazole rings is 1. The van der Waals surface area contributed by atoms with E-state index in [0.29, 0.717) is 24.2 Å². The molecule has 1 aliphatic rings. The average Bonchev–Trinajstić information content (AvgIpc) is 2.71. The van der Waals surface area contributed by atoms with Crippen LogP contribution in [0.2, 0.25) is 0 Å². The van der Waals surface area contributed by atoms with Crippen LogP contribution in [0.4, 0.5) is 4.79 Å². The van der Waals surface area contributed by atoms with Gasteiger partial charge in [0.2, 0.25) is 0 Å². The highest BCUT2D eigenvalue weighted by Gasteiger charge is 2.33. The lowest BCUT2D eigenvalue weighted by atomic mass is 10.1. The van der Waals surface area contributed by atoms with Gasteiger partial charge in [-0.3, -0.25) is 4.79 Å². The van der Waals surface area contributed by atoms with Crippen molar-refractivity contribution in [2.75, 3.05) is 0 Å². The SMILES string of the molecule is CC(C)(C)OC(=O)n1cnc2c1CC(C(=O)O)C2. The van der Waals surface area contributed by atoms with Crippen LogP contribution in [-0.2, 0) is 22.4 Å². The highest BCUT2D eigenvalue weighted by Crippen LogP contribution is 2.26. The number of aromatic nitrogens is 2. The molecular weight excluding hydrogens is 236 g/mol. The first-order valence-corrected chi connectivity index (χ1v) is 5.79. The highest BCUT2D eigenvalue weighted by molar-refractivity contribution is 5.75. The number of hydrogen-bond acceptors (Lipinski definition) is 4. The van der Waals surface area contributed by atoms with E-state index in [4.69, 9.17) is 9.84 Å². The van der Waals surface area contributed by atoms with E-state index < -0.39 is 23.6 Å². The molecule has 0 bridgehead atoms. The summed E-state index contributed by atoms with van der Waals surface area (Å²) in [5.74, 6) is -1.35. The molecule has 98 valence electrons. The van der Waals surface area contributed by atoms with E-state index in [1.54, 1.807) is 20.8 Å². The first-order chi connectivity index (χ1) is 8.28. The van der Waals surface area contributed by atoms with E-state index in [9.17, 15) is 9.59 Å². The Morgan fingerprint density at radius 1 is 1.44 bits per heavy atom. The largest absolute Gasteiger partial charge is 0.481 e. The molecule has 1 N–H and O–H groups in total. The van der Waals surface area contributed by atoms with Crippen LogP contribution in [0.1, 0.15) is 32.2 Å². The number of carbonyl (C=O) groups excluding carboxylic acids is 1. The van der Waals surface area contributed by atoms with Gasteiger partial charge in [-0.15, -0.1) is 0 Å². The second kappa shape index (κ2) is 4.12. The standard InChI is InChI=1S/C12H16N2O4/c1-12(2,3)18-11(17)14-6-13-8-4-7(10(15)16)5-9(8)14/h6-7H,4-5H2,1-3H3,(H,15,16). The number of ether oxygens (including phenoxy) is 1. The van der Waals surface area contributed by atoms with E-state index in [2.05, 4.69) is 4.98 Å². The number of fused-ring (bicyclic) bond motifs is 1. The van der Waals surface area contributed by atoms with Gasteiger partial charge in [-0.1, -0.05) is 0 Å². The molecule has 0 amide bonds. The van der Waals surface area contributed by atoms with E-state index >= 15 is 0 Å². The minimum atomic E-state index is -0.858. The Morgan fingerprint density at radius 2 is 2.11 bits per heavy atom. The monoisotopic (exact) mass is 252 g/mol. The fourth-order valence-electron chi connectivity index (χ4n) is 1.98. The molecule has 6 heteroatoms. The van der Waals surface area contributed by atoms with Crippen molar-refractivity contribution in [2.24, 2.45) is 5.92 Å². The molecule has 0 fully saturated rings. The Kier molecular flexibility index (Phi) is 2.88. The summed E-state index contributed by atoms with van der Waals surface area (Å²) in [5.41, 5.74) is 0.740. The number of rotatable bonds is 1. The van der Waals surface area contributed by atoms with Crippen LogP contribution in [0.5, 0.6) is 0 Å². The Bertz CT molecular complexity index is 499. The Morgan fingerprint density at radius 3 is 2.67 bits per heavy atom. The maximum Gasteiger partial charge on any atom is 0.420 e. The molecule has 1 unspecified atom stereocenters. The summed E-state index contributed by atoms with van der Waals surface area (Å²) in [6.45, 7) is 5.34. The molecule has 1 aromatic heterocycles. The quantitative estimate of drug-likeness (QED) is 0.818. The van der Waals surface area contributed by atoms with E-state index in [1.807, 2.05) is 0 Å². The minimum absolute atomic E-state index is 0.323. The molecule has 2 rings (SSSR count). The fourth-order valence-corrected chi connectivity index (χ4v) is 1.98. The molecule has 1 heterocycles. The van der Waals surface area contributed by atoms with Gasteiger partial charge in [0, 0.05) is 12.8 Å². The van der Waals surface area contributed by atoms with Gasteiger partial charge in [0.15, 0.2) is 0 Å². The number of carbonyl (C=O) groups is 2. The number of nitrogens with zero attached hydrogens (tertiary/aromatic N) is 2. The van der Waals surface area contributed by atoms with E-state index in [0.717, 1.165) is 0 Å². The van der Waals surface area contributed by atoms with Crippen molar-refractivity contribution in [3.8, 4) is 0 Å². The van der Waals surface area contributed by atoms with Crippen LogP contribution in [0.3, 0.4) is 0 Å². The number of aliphatic carboxylic acids is 1. The van der Waals surface area contributed by atoms with Crippen LogP contribution < -0.4 is 0 Å². The van der Waals surface area contributed by atoms with Crippen LogP contribution in [0, 0.1) is 5.92 Å². The van der Waals surface area contributed by atoms with Crippen molar-refractivity contribution in [1.82, 2.24) is 9.55 Å². The van der Waals surface area contributed by atoms with Gasteiger partial charge in [0.1, 0.15) is 11.9 Å². The first-order valence-electron chi connectivity index (χ1n) is 5.79. The average molecular weight is 252 g/mol. The Balaban J connectivity index is 2.19. The molecule has 0 saturated heterocycles. The molecule has 1 aliphatic carbocycles. The predicted octanol–water partition coefficient (Wildman–Crippen LogP) is 1.47. The predicted molar refractivity (Wildman–Crippen MR) is 62.4 cm³/mol. The molecule has 6 nitrogen and oxygen atoms in total. The van der Waals surface area contributed by atoms with Gasteiger partial charge < -0.3 is 9.84 Å². The van der Waals surface area contributed by atoms with Crippen LogP contribution in [0.15, 0.2) is 6.33 Å². The lowest BCUT2D eigenvalue weighted by Crippen LogP contribution is -2.28. The molecule has 0 radical (unpaired) electrons. The maximum absolute atomic E-state index is 11.9. The minimum Gasteiger partial charge on any atom is -0.481 e. The summed E-state index contributed by atoms with van der Waals surface area (Å²) in [4.78, 5) is 26.9. The second-order valence-corrected chi connectivity index (χ2v) is 5.43. The molecule has 1 aromatic rings. The van der Waals surface area contributed by atoms with Crippen molar-refractivity contribution in [3.05, 3.63) is 17.7 Å². The van der Waals surface area contributed by atoms with Crippen molar-refractivity contribution < 1.29 is 19.4 Å². The third-order valence-electron chi connectivity index (χ3n) is 2.77. The number of hydrogen-bond donors (Lipinski definition) is 1. The summed E-state index contributed by atoms with van der Waals surface area (Å²) in [6, 6.07) is 0. The summed E-state index contributed by atoms with van der Waals surface area (Å²) in [6.07, 6.45) is 1.59. The zero-order valence-corrected chi connectivity index (χ0v) is 10.6. The molecule has 1 atom stereocenters. The summed E-state index contributed by atoms with van der Waals surface area (Å²) < 4.78 is 6.55. The molecule has 0 aromatic carbocycles. The topological polar surface area (TPSA) is 81.4 Å². The van der Waals surface area contributed by atoms with Crippen molar-refractivity contribution in [1.29, 1.82) is 0 Å². The zero-order chi connectivity index (χ0) is 13.5. The Hall–Kier alpha value is -1.85. The highest BCUT2D eigenvalue weighted by atomic mass is 16.6. The van der Waals surface area contributed by atoms with Gasteiger partial charge in [0.05, 0.1) is 17.3 Å². The lowest BCUT2D eigenvalue weighted by molar-refractivity contribution is -0.141. The van der Waals surface area contributed by atoms with Crippen molar-refractivity contribution in [3.63, 3.8) is 0 Å². The first kappa shape index (κ1) is 12.6. The van der Waals surface area contributed by atoms with Crippen molar-refractivity contribution >= 4 is 12.1 Å². The van der Waals surface area contributed by atoms with Gasteiger partial charge >= 0.3 is 12.1 Å². The molecular formula is C12H16N2O4. The van der Waals surface area contributed by atoms with Crippen LogP contribution >= 0.6 is 0 Å². The normalized spacial score (nSPS) is 18.5. The van der Waals surface area contributed by atoms with Gasteiger partial charge in [-0.25, -0.2) is 14.3 Å². The smallest absolute Gasteiger partial charge is 0.420 e. The number of carboxylic acids is 1. The lowest BCUT2D eigenvalue weighted by Gasteiger charge is -2.20. The van der Waals surface area contributed by atoms with Gasteiger partial charge in [-0.2, -0.15) is 0 Å². The second-order valence-electron chi connectivity index (χ2n) is 5.43. The summed E-state index contributed by atoms with van der Waals surface area (Å²) in [7, 11) is 0. The molecule has 18 heavy (non-hydrogen) atoms. The Labute approximate surface area is 105 Å². The van der Waals surface area contributed by atoms with Crippen LogP contribution in [0.25, 0.3) is 0 Å². The maximum atomic E-state index is 11.9. The third kappa shape index (κ3) is 2.37. The summed E-state index contributed by atoms with van der Waals surface area (Å²) >= 11 is 0.